The SMILES string of the molecule is C#Cc1cnc(C2=CCN(c3nc4c(c(NC5(COC(F)F)CCC5)n3)S(=O)CC4)CC2)nc1. The molecule has 0 aromatic carbocycles. The minimum Gasteiger partial charge on any atom is -0.361 e. The quantitative estimate of drug-likeness (QED) is 0.598. The molecule has 178 valence electrons. The third-order valence-electron chi connectivity index (χ3n) is 6.45. The van der Waals surface area contributed by atoms with Crippen molar-refractivity contribution in [2.75, 3.05) is 35.7 Å². The number of hydrogen-bond donors (Lipinski definition) is 1. The molecule has 4 heterocycles. The van der Waals surface area contributed by atoms with E-state index in [1.165, 1.54) is 0 Å². The maximum absolute atomic E-state index is 12.7. The van der Waals surface area contributed by atoms with Gasteiger partial charge in [0, 0.05) is 37.7 Å². The molecule has 1 N–H and O–H groups in total. The van der Waals surface area contributed by atoms with Crippen molar-refractivity contribution in [1.29, 1.82) is 0 Å². The van der Waals surface area contributed by atoms with Crippen molar-refractivity contribution >= 4 is 28.1 Å². The molecule has 0 saturated heterocycles. The van der Waals surface area contributed by atoms with Crippen molar-refractivity contribution < 1.29 is 17.7 Å². The first kappa shape index (κ1) is 22.8. The van der Waals surface area contributed by atoms with E-state index in [1.807, 2.05) is 11.0 Å². The lowest BCUT2D eigenvalue weighted by Crippen LogP contribution is -2.50. The number of anilines is 2. The highest BCUT2D eigenvalue weighted by Gasteiger charge is 2.40. The van der Waals surface area contributed by atoms with Crippen molar-refractivity contribution in [3.05, 3.63) is 35.6 Å². The van der Waals surface area contributed by atoms with Crippen LogP contribution in [-0.4, -0.2) is 61.7 Å². The number of nitrogens with zero attached hydrogens (tertiary/aromatic N) is 5. The first-order chi connectivity index (χ1) is 16.5. The molecule has 5 rings (SSSR count). The van der Waals surface area contributed by atoms with Gasteiger partial charge in [0.2, 0.25) is 5.95 Å². The number of terminal acetylenes is 1. The van der Waals surface area contributed by atoms with Gasteiger partial charge in [-0.25, -0.2) is 15.0 Å². The number of aryl methyl sites for hydroxylation is 1. The number of nitrogens with one attached hydrogen (secondary N) is 1. The van der Waals surface area contributed by atoms with Gasteiger partial charge in [0.05, 0.1) is 34.2 Å². The van der Waals surface area contributed by atoms with Gasteiger partial charge >= 0.3 is 6.61 Å². The van der Waals surface area contributed by atoms with Crippen molar-refractivity contribution in [2.24, 2.45) is 0 Å². The number of ether oxygens (including phenoxy) is 1. The minimum absolute atomic E-state index is 0.125. The van der Waals surface area contributed by atoms with E-state index in [-0.39, 0.29) is 6.61 Å². The number of fused-ring (bicyclic) bond motifs is 1. The first-order valence-corrected chi connectivity index (χ1v) is 12.5. The Balaban J connectivity index is 1.38. The summed E-state index contributed by atoms with van der Waals surface area (Å²) in [4.78, 5) is 20.7. The standard InChI is InChI=1S/C23H24F2N6O2S/c1-2-15-12-26-19(27-13-15)16-4-9-31(10-5-16)22-28-17-6-11-34(32)18(17)20(29-22)30-23(7-3-8-23)14-33-21(24)25/h1,4,12-13,21H,3,5-11,14H2,(H,28,29,30). The van der Waals surface area contributed by atoms with Crippen LogP contribution in [0.5, 0.6) is 0 Å². The van der Waals surface area contributed by atoms with Gasteiger partial charge in [0.25, 0.3) is 0 Å². The normalized spacial score (nSPS) is 20.9. The molecule has 2 aromatic heterocycles. The second kappa shape index (κ2) is 9.35. The summed E-state index contributed by atoms with van der Waals surface area (Å²) in [5.74, 6) is 4.64. The number of aromatic nitrogens is 4. The zero-order valence-electron chi connectivity index (χ0n) is 18.5. The molecule has 1 unspecified atom stereocenters. The van der Waals surface area contributed by atoms with E-state index >= 15 is 0 Å². The molecule has 1 atom stereocenters. The number of hydrogen-bond acceptors (Lipinski definition) is 8. The van der Waals surface area contributed by atoms with Gasteiger partial charge in [-0.05, 0) is 31.3 Å². The van der Waals surface area contributed by atoms with Crippen LogP contribution >= 0.6 is 0 Å². The van der Waals surface area contributed by atoms with Crippen LogP contribution in [0.4, 0.5) is 20.5 Å². The highest BCUT2D eigenvalue weighted by atomic mass is 32.2. The molecule has 0 amide bonds. The van der Waals surface area contributed by atoms with Crippen LogP contribution in [0.2, 0.25) is 0 Å². The zero-order chi connectivity index (χ0) is 23.7. The average molecular weight is 487 g/mol. The largest absolute Gasteiger partial charge is 0.361 e. The van der Waals surface area contributed by atoms with Crippen molar-refractivity contribution in [3.8, 4) is 12.3 Å². The van der Waals surface area contributed by atoms with Crippen molar-refractivity contribution in [1.82, 2.24) is 19.9 Å². The fraction of sp³-hybridized carbons (Fsp3) is 0.478. The van der Waals surface area contributed by atoms with Crippen LogP contribution in [0, 0.1) is 12.3 Å². The van der Waals surface area contributed by atoms with E-state index in [2.05, 4.69) is 25.9 Å². The Morgan fingerprint density at radius 2 is 2.06 bits per heavy atom. The third kappa shape index (κ3) is 4.52. The molecule has 0 bridgehead atoms. The maximum atomic E-state index is 12.7. The van der Waals surface area contributed by atoms with Crippen molar-refractivity contribution in [2.45, 2.75) is 49.2 Å². The van der Waals surface area contributed by atoms with E-state index in [4.69, 9.17) is 16.4 Å². The van der Waals surface area contributed by atoms with Crippen LogP contribution in [0.25, 0.3) is 5.57 Å². The van der Waals surface area contributed by atoms with Crippen LogP contribution in [0.15, 0.2) is 23.4 Å². The summed E-state index contributed by atoms with van der Waals surface area (Å²) in [7, 11) is -1.22. The van der Waals surface area contributed by atoms with E-state index in [0.717, 1.165) is 17.7 Å². The number of alkyl halides is 2. The van der Waals surface area contributed by atoms with Gasteiger partial charge in [-0.15, -0.1) is 6.42 Å². The highest BCUT2D eigenvalue weighted by molar-refractivity contribution is 7.85. The second-order valence-corrected chi connectivity index (χ2v) is 10.2. The van der Waals surface area contributed by atoms with E-state index in [1.54, 1.807) is 12.4 Å². The molecule has 2 aliphatic heterocycles. The Bertz CT molecular complexity index is 1180. The van der Waals surface area contributed by atoms with E-state index in [0.29, 0.717) is 72.6 Å². The molecular weight excluding hydrogens is 462 g/mol. The van der Waals surface area contributed by atoms with Gasteiger partial charge in [-0.2, -0.15) is 13.8 Å². The van der Waals surface area contributed by atoms with Crippen LogP contribution in [0.1, 0.15) is 42.8 Å². The summed E-state index contributed by atoms with van der Waals surface area (Å²) in [6, 6.07) is 0. The Kier molecular flexibility index (Phi) is 6.27. The monoisotopic (exact) mass is 486 g/mol. The fourth-order valence-electron chi connectivity index (χ4n) is 4.42. The van der Waals surface area contributed by atoms with Crippen LogP contribution in [0.3, 0.4) is 0 Å². The molecule has 11 heteroatoms. The molecule has 8 nitrogen and oxygen atoms in total. The second-order valence-electron chi connectivity index (χ2n) is 8.64. The molecule has 1 aliphatic carbocycles. The third-order valence-corrected chi connectivity index (χ3v) is 7.91. The van der Waals surface area contributed by atoms with Gasteiger partial charge < -0.3 is 15.0 Å². The smallest absolute Gasteiger partial charge is 0.345 e. The molecule has 0 spiro atoms. The number of rotatable bonds is 7. The van der Waals surface area contributed by atoms with E-state index < -0.39 is 22.9 Å². The molecule has 2 aromatic rings. The average Bonchev–Trinajstić information content (AvgIpc) is 3.21. The molecule has 0 radical (unpaired) electrons. The summed E-state index contributed by atoms with van der Waals surface area (Å²) >= 11 is 0. The Labute approximate surface area is 198 Å². The molecule has 3 aliphatic rings. The fourth-order valence-corrected chi connectivity index (χ4v) is 5.72. The maximum Gasteiger partial charge on any atom is 0.345 e. The van der Waals surface area contributed by atoms with Gasteiger partial charge in [0.15, 0.2) is 5.82 Å². The van der Waals surface area contributed by atoms with Gasteiger partial charge in [0.1, 0.15) is 10.7 Å². The van der Waals surface area contributed by atoms with Crippen molar-refractivity contribution in [3.63, 3.8) is 0 Å². The predicted octanol–water partition coefficient (Wildman–Crippen LogP) is 2.78. The summed E-state index contributed by atoms with van der Waals surface area (Å²) < 4.78 is 42.7. The summed E-state index contributed by atoms with van der Waals surface area (Å²) in [5, 5.41) is 3.32. The van der Waals surface area contributed by atoms with Gasteiger partial charge in [-0.3, -0.25) is 4.21 Å². The predicted molar refractivity (Wildman–Crippen MR) is 124 cm³/mol. The lowest BCUT2D eigenvalue weighted by molar-refractivity contribution is -0.145. The van der Waals surface area contributed by atoms with Gasteiger partial charge in [-0.1, -0.05) is 12.0 Å². The van der Waals surface area contributed by atoms with E-state index in [9.17, 15) is 13.0 Å². The topological polar surface area (TPSA) is 93.1 Å². The molecule has 1 saturated carbocycles. The zero-order valence-corrected chi connectivity index (χ0v) is 19.3. The molecule has 34 heavy (non-hydrogen) atoms. The Morgan fingerprint density at radius 3 is 2.68 bits per heavy atom. The lowest BCUT2D eigenvalue weighted by Gasteiger charge is -2.43. The Hall–Kier alpha value is -2.97. The summed E-state index contributed by atoms with van der Waals surface area (Å²) in [6.07, 6.45) is 14.3. The first-order valence-electron chi connectivity index (χ1n) is 11.2. The summed E-state index contributed by atoms with van der Waals surface area (Å²) in [6.45, 7) is -1.73. The van der Waals surface area contributed by atoms with Crippen LogP contribution in [-0.2, 0) is 22.0 Å². The molecular formula is C23H24F2N6O2S. The number of halogens is 2. The van der Waals surface area contributed by atoms with Crippen LogP contribution < -0.4 is 10.2 Å². The Morgan fingerprint density at radius 1 is 1.26 bits per heavy atom. The lowest BCUT2D eigenvalue weighted by atomic mass is 9.77. The minimum atomic E-state index is -2.83. The highest BCUT2D eigenvalue weighted by Crippen LogP contribution is 2.39. The summed E-state index contributed by atoms with van der Waals surface area (Å²) in [5.41, 5.74) is 1.78. The molecule has 1 fully saturated rings.